The molecule has 106 valence electrons. The number of carbonyl (C=O) groups is 1. The number of carboxylic acids is 1. The normalized spacial score (nSPS) is 10.7. The Labute approximate surface area is 129 Å². The molecule has 3 aromatic rings. The van der Waals surface area contributed by atoms with Gasteiger partial charge in [-0.1, -0.05) is 0 Å². The maximum atomic E-state index is 10.8. The number of nitrogens with zero attached hydrogens (tertiary/aromatic N) is 1. The highest BCUT2D eigenvalue weighted by Crippen LogP contribution is 2.28. The monoisotopic (exact) mass is 317 g/mol. The van der Waals surface area contributed by atoms with E-state index in [9.17, 15) is 4.79 Å². The van der Waals surface area contributed by atoms with E-state index >= 15 is 0 Å². The van der Waals surface area contributed by atoms with Crippen molar-refractivity contribution in [2.45, 2.75) is 10.6 Å². The maximum Gasteiger partial charge on any atom is 0.335 e. The van der Waals surface area contributed by atoms with Crippen molar-refractivity contribution in [2.24, 2.45) is 0 Å². The van der Waals surface area contributed by atoms with Crippen molar-refractivity contribution < 1.29 is 14.3 Å². The van der Waals surface area contributed by atoms with Crippen molar-refractivity contribution in [1.82, 2.24) is 4.98 Å². The minimum atomic E-state index is -0.908. The van der Waals surface area contributed by atoms with Crippen LogP contribution in [0.5, 0.6) is 0 Å². The molecule has 0 aliphatic carbocycles. The predicted molar refractivity (Wildman–Crippen MR) is 82.8 cm³/mol. The molecular formula is C15H11NO3S2. The van der Waals surface area contributed by atoms with Gasteiger partial charge in [-0.3, -0.25) is 0 Å². The number of furan rings is 1. The molecule has 4 nitrogen and oxygen atoms in total. The Morgan fingerprint density at radius 3 is 2.76 bits per heavy atom. The standard InChI is InChI=1S/C15H11NO3S2/c17-15(18)10-3-5-12(6-4-10)20-8-11-9-21-14(16-11)13-2-1-7-19-13/h1-7,9H,8H2,(H,17,18). The van der Waals surface area contributed by atoms with Crippen LogP contribution >= 0.6 is 23.1 Å². The number of thioether (sulfide) groups is 1. The second kappa shape index (κ2) is 6.15. The molecule has 0 atom stereocenters. The summed E-state index contributed by atoms with van der Waals surface area (Å²) in [5, 5.41) is 11.7. The number of carboxylic acid groups (broad SMARTS) is 1. The van der Waals surface area contributed by atoms with Crippen LogP contribution in [-0.4, -0.2) is 16.1 Å². The van der Waals surface area contributed by atoms with Gasteiger partial charge in [0.25, 0.3) is 0 Å². The highest BCUT2D eigenvalue weighted by molar-refractivity contribution is 7.98. The fourth-order valence-electron chi connectivity index (χ4n) is 1.74. The second-order valence-corrected chi connectivity index (χ2v) is 6.15. The van der Waals surface area contributed by atoms with E-state index in [2.05, 4.69) is 4.98 Å². The first-order valence-corrected chi connectivity index (χ1v) is 8.03. The summed E-state index contributed by atoms with van der Waals surface area (Å²) in [6.07, 6.45) is 1.63. The number of thiazole rings is 1. The molecule has 0 bridgehead atoms. The van der Waals surface area contributed by atoms with E-state index in [0.717, 1.165) is 27.1 Å². The van der Waals surface area contributed by atoms with Crippen LogP contribution in [0.15, 0.2) is 57.4 Å². The second-order valence-electron chi connectivity index (χ2n) is 4.24. The maximum absolute atomic E-state index is 10.8. The van der Waals surface area contributed by atoms with Crippen molar-refractivity contribution in [3.8, 4) is 10.8 Å². The van der Waals surface area contributed by atoms with E-state index in [4.69, 9.17) is 9.52 Å². The molecule has 0 aliphatic rings. The van der Waals surface area contributed by atoms with Gasteiger partial charge in [-0.15, -0.1) is 23.1 Å². The highest BCUT2D eigenvalue weighted by atomic mass is 32.2. The first-order chi connectivity index (χ1) is 10.2. The molecule has 0 radical (unpaired) electrons. The van der Waals surface area contributed by atoms with Gasteiger partial charge in [0, 0.05) is 16.0 Å². The molecule has 6 heteroatoms. The zero-order valence-corrected chi connectivity index (χ0v) is 12.5. The van der Waals surface area contributed by atoms with E-state index in [1.165, 1.54) is 0 Å². The quantitative estimate of drug-likeness (QED) is 0.707. The Bertz CT molecular complexity index is 733. The molecule has 0 aliphatic heterocycles. The number of rotatable bonds is 5. The van der Waals surface area contributed by atoms with Crippen LogP contribution in [0.25, 0.3) is 10.8 Å². The minimum Gasteiger partial charge on any atom is -0.478 e. The van der Waals surface area contributed by atoms with E-state index < -0.39 is 5.97 Å². The number of benzene rings is 1. The average molecular weight is 317 g/mol. The van der Waals surface area contributed by atoms with Crippen LogP contribution < -0.4 is 0 Å². The van der Waals surface area contributed by atoms with Crippen LogP contribution in [0.4, 0.5) is 0 Å². The van der Waals surface area contributed by atoms with E-state index in [0.29, 0.717) is 5.56 Å². The minimum absolute atomic E-state index is 0.299. The Morgan fingerprint density at radius 2 is 2.10 bits per heavy atom. The van der Waals surface area contributed by atoms with E-state index in [1.54, 1.807) is 41.5 Å². The molecule has 0 spiro atoms. The van der Waals surface area contributed by atoms with Gasteiger partial charge in [-0.2, -0.15) is 0 Å². The molecule has 1 aromatic carbocycles. The van der Waals surface area contributed by atoms with Crippen LogP contribution in [0.3, 0.4) is 0 Å². The van der Waals surface area contributed by atoms with Gasteiger partial charge in [0.2, 0.25) is 0 Å². The first-order valence-electron chi connectivity index (χ1n) is 6.17. The number of aromatic nitrogens is 1. The highest BCUT2D eigenvalue weighted by Gasteiger charge is 2.08. The summed E-state index contributed by atoms with van der Waals surface area (Å²) < 4.78 is 5.32. The summed E-state index contributed by atoms with van der Waals surface area (Å²) >= 11 is 3.18. The molecule has 2 heterocycles. The molecule has 0 saturated heterocycles. The number of hydrogen-bond acceptors (Lipinski definition) is 5. The predicted octanol–water partition coefficient (Wildman–Crippen LogP) is 4.39. The fourth-order valence-corrected chi connectivity index (χ4v) is 3.42. The lowest BCUT2D eigenvalue weighted by Gasteiger charge is -2.00. The van der Waals surface area contributed by atoms with Crippen LogP contribution in [0, 0.1) is 0 Å². The van der Waals surface area contributed by atoms with E-state index in [-0.39, 0.29) is 0 Å². The molecule has 21 heavy (non-hydrogen) atoms. The lowest BCUT2D eigenvalue weighted by atomic mass is 10.2. The summed E-state index contributed by atoms with van der Waals surface area (Å²) in [6, 6.07) is 10.6. The zero-order chi connectivity index (χ0) is 14.7. The Morgan fingerprint density at radius 1 is 1.29 bits per heavy atom. The smallest absolute Gasteiger partial charge is 0.335 e. The molecule has 1 N–H and O–H groups in total. The van der Waals surface area contributed by atoms with Gasteiger partial charge in [-0.05, 0) is 36.4 Å². The third-order valence-electron chi connectivity index (χ3n) is 2.77. The third kappa shape index (κ3) is 3.34. The third-order valence-corrected chi connectivity index (χ3v) is 4.72. The van der Waals surface area contributed by atoms with Crippen molar-refractivity contribution in [2.75, 3.05) is 0 Å². The summed E-state index contributed by atoms with van der Waals surface area (Å²) in [6.45, 7) is 0. The van der Waals surface area contributed by atoms with Gasteiger partial charge >= 0.3 is 5.97 Å². The van der Waals surface area contributed by atoms with Gasteiger partial charge in [0.05, 0.1) is 17.5 Å². The molecule has 3 rings (SSSR count). The van der Waals surface area contributed by atoms with Crippen LogP contribution in [0.2, 0.25) is 0 Å². The Balaban J connectivity index is 1.64. The molecular weight excluding hydrogens is 306 g/mol. The van der Waals surface area contributed by atoms with Crippen molar-refractivity contribution >= 4 is 29.1 Å². The summed E-state index contributed by atoms with van der Waals surface area (Å²) in [5.41, 5.74) is 1.28. The Kier molecular flexibility index (Phi) is 4.08. The van der Waals surface area contributed by atoms with Crippen molar-refractivity contribution in [1.29, 1.82) is 0 Å². The molecule has 0 saturated carbocycles. The lowest BCUT2D eigenvalue weighted by molar-refractivity contribution is 0.0697. The molecule has 0 unspecified atom stereocenters. The number of aromatic carboxylic acids is 1. The van der Waals surface area contributed by atoms with Gasteiger partial charge < -0.3 is 9.52 Å². The summed E-state index contributed by atoms with van der Waals surface area (Å²) in [5.74, 6) is 0.611. The first kappa shape index (κ1) is 13.9. The molecule has 2 aromatic heterocycles. The van der Waals surface area contributed by atoms with Crippen LogP contribution in [-0.2, 0) is 5.75 Å². The van der Waals surface area contributed by atoms with Crippen molar-refractivity contribution in [3.63, 3.8) is 0 Å². The van der Waals surface area contributed by atoms with Crippen LogP contribution in [0.1, 0.15) is 16.1 Å². The Hall–Kier alpha value is -2.05. The fraction of sp³-hybridized carbons (Fsp3) is 0.0667. The number of hydrogen-bond donors (Lipinski definition) is 1. The molecule has 0 amide bonds. The molecule has 0 fully saturated rings. The van der Waals surface area contributed by atoms with Crippen molar-refractivity contribution in [3.05, 3.63) is 59.3 Å². The van der Waals surface area contributed by atoms with E-state index in [1.807, 2.05) is 29.6 Å². The summed E-state index contributed by atoms with van der Waals surface area (Å²) in [4.78, 5) is 16.3. The topological polar surface area (TPSA) is 63.3 Å². The zero-order valence-electron chi connectivity index (χ0n) is 10.9. The van der Waals surface area contributed by atoms with Gasteiger partial charge in [0.1, 0.15) is 0 Å². The SMILES string of the molecule is O=C(O)c1ccc(SCc2csc(-c3ccco3)n2)cc1. The van der Waals surface area contributed by atoms with Gasteiger partial charge in [-0.25, -0.2) is 9.78 Å². The summed E-state index contributed by atoms with van der Waals surface area (Å²) in [7, 11) is 0. The average Bonchev–Trinajstić information content (AvgIpc) is 3.16. The lowest BCUT2D eigenvalue weighted by Crippen LogP contribution is -1.94. The largest absolute Gasteiger partial charge is 0.478 e. The van der Waals surface area contributed by atoms with Gasteiger partial charge in [0.15, 0.2) is 10.8 Å².